The van der Waals surface area contributed by atoms with Crippen molar-refractivity contribution in [2.45, 2.75) is 58.1 Å². The minimum absolute atomic E-state index is 0.0560. The summed E-state index contributed by atoms with van der Waals surface area (Å²) in [6.07, 6.45) is 3.80. The molecule has 6 heteroatoms. The van der Waals surface area contributed by atoms with Crippen LogP contribution in [-0.4, -0.2) is 30.3 Å². The number of carbonyl (C=O) groups excluding carboxylic acids is 1. The molecule has 1 aliphatic heterocycles. The van der Waals surface area contributed by atoms with E-state index in [0.717, 1.165) is 18.7 Å². The van der Waals surface area contributed by atoms with Gasteiger partial charge in [0.25, 0.3) is 0 Å². The van der Waals surface area contributed by atoms with Crippen molar-refractivity contribution >= 4 is 17.4 Å². The molecular formula is C17H27N3O2S. The number of hydrogen-bond donors (Lipinski definition) is 2. The van der Waals surface area contributed by atoms with Gasteiger partial charge in [-0.25, -0.2) is 9.78 Å². The van der Waals surface area contributed by atoms with Crippen molar-refractivity contribution in [1.29, 1.82) is 0 Å². The van der Waals surface area contributed by atoms with Crippen molar-refractivity contribution in [2.24, 2.45) is 11.8 Å². The molecular weight excluding hydrogens is 310 g/mol. The van der Waals surface area contributed by atoms with Gasteiger partial charge < -0.3 is 15.4 Å². The van der Waals surface area contributed by atoms with Gasteiger partial charge >= 0.3 is 6.03 Å². The summed E-state index contributed by atoms with van der Waals surface area (Å²) in [4.78, 5) is 16.8. The fourth-order valence-electron chi connectivity index (χ4n) is 3.17. The Bertz CT molecular complexity index is 542. The predicted molar refractivity (Wildman–Crippen MR) is 91.7 cm³/mol. The van der Waals surface area contributed by atoms with Crippen molar-refractivity contribution < 1.29 is 9.53 Å². The van der Waals surface area contributed by atoms with Gasteiger partial charge in [-0.1, -0.05) is 13.8 Å². The molecule has 0 aromatic carbocycles. The number of nitrogens with one attached hydrogen (secondary N) is 2. The second-order valence-corrected chi connectivity index (χ2v) is 7.98. The van der Waals surface area contributed by atoms with Crippen LogP contribution in [0.15, 0.2) is 5.38 Å². The van der Waals surface area contributed by atoms with Crippen molar-refractivity contribution in [3.05, 3.63) is 16.1 Å². The zero-order chi connectivity index (χ0) is 16.4. The van der Waals surface area contributed by atoms with Crippen LogP contribution >= 0.6 is 11.3 Å². The number of nitrogens with zero attached hydrogens (tertiary/aromatic N) is 1. The highest BCUT2D eigenvalue weighted by Gasteiger charge is 2.31. The van der Waals surface area contributed by atoms with E-state index in [2.05, 4.69) is 34.8 Å². The summed E-state index contributed by atoms with van der Waals surface area (Å²) >= 11 is 1.71. The molecule has 3 rings (SSSR count). The molecule has 0 radical (unpaired) electrons. The van der Waals surface area contributed by atoms with Gasteiger partial charge in [-0.3, -0.25) is 0 Å². The SMILES string of the molecule is CC(C)[C@@H]1OCC[C@@H]1CNC(=O)N[C@@H](C)c1csc(C2CC2)n1. The molecule has 2 aliphatic rings. The van der Waals surface area contributed by atoms with Crippen LogP contribution in [0.2, 0.25) is 0 Å². The van der Waals surface area contributed by atoms with Gasteiger partial charge in [0, 0.05) is 30.4 Å². The Kier molecular flexibility index (Phi) is 5.21. The third kappa shape index (κ3) is 4.23. The molecule has 2 fully saturated rings. The Morgan fingerprint density at radius 1 is 1.39 bits per heavy atom. The smallest absolute Gasteiger partial charge is 0.315 e. The molecule has 1 aromatic rings. The van der Waals surface area contributed by atoms with E-state index in [-0.39, 0.29) is 18.2 Å². The van der Waals surface area contributed by atoms with Gasteiger partial charge in [-0.15, -0.1) is 11.3 Å². The molecule has 0 bridgehead atoms. The largest absolute Gasteiger partial charge is 0.378 e. The fraction of sp³-hybridized carbons (Fsp3) is 0.765. The molecule has 2 N–H and O–H groups in total. The van der Waals surface area contributed by atoms with Crippen molar-refractivity contribution in [2.75, 3.05) is 13.2 Å². The second kappa shape index (κ2) is 7.18. The molecule has 1 aromatic heterocycles. The summed E-state index contributed by atoms with van der Waals surface area (Å²) in [5.41, 5.74) is 0.969. The molecule has 0 spiro atoms. The molecule has 0 unspecified atom stereocenters. The molecule has 1 saturated carbocycles. The monoisotopic (exact) mass is 337 g/mol. The zero-order valence-corrected chi connectivity index (χ0v) is 15.0. The van der Waals surface area contributed by atoms with Crippen molar-refractivity contribution in [3.63, 3.8) is 0 Å². The Morgan fingerprint density at radius 3 is 2.87 bits per heavy atom. The van der Waals surface area contributed by atoms with Crippen LogP contribution in [0.25, 0.3) is 0 Å². The first kappa shape index (κ1) is 16.7. The first-order valence-corrected chi connectivity index (χ1v) is 9.54. The average Bonchev–Trinajstić information content (AvgIpc) is 3.05. The van der Waals surface area contributed by atoms with E-state index >= 15 is 0 Å². The van der Waals surface area contributed by atoms with Crippen LogP contribution in [0.1, 0.15) is 62.7 Å². The number of urea groups is 1. The molecule has 2 heterocycles. The molecule has 5 nitrogen and oxygen atoms in total. The van der Waals surface area contributed by atoms with E-state index in [4.69, 9.17) is 4.74 Å². The summed E-state index contributed by atoms with van der Waals surface area (Å²) in [5, 5.41) is 9.27. The number of thiazole rings is 1. The van der Waals surface area contributed by atoms with E-state index in [0.29, 0.717) is 24.3 Å². The van der Waals surface area contributed by atoms with Crippen LogP contribution in [-0.2, 0) is 4.74 Å². The highest BCUT2D eigenvalue weighted by molar-refractivity contribution is 7.09. The number of rotatable bonds is 6. The standard InChI is InChI=1S/C17H27N3O2S/c1-10(2)15-13(6-7-22-15)8-18-17(21)19-11(3)14-9-23-16(20-14)12-4-5-12/h9-13,15H,4-8H2,1-3H3,(H2,18,19,21)/t11-,13+,15-/m0/s1. The highest BCUT2D eigenvalue weighted by atomic mass is 32.1. The maximum Gasteiger partial charge on any atom is 0.315 e. The van der Waals surface area contributed by atoms with Gasteiger partial charge in [0.1, 0.15) is 0 Å². The summed E-state index contributed by atoms with van der Waals surface area (Å²) in [6.45, 7) is 7.80. The fourth-order valence-corrected chi connectivity index (χ4v) is 4.26. The van der Waals surface area contributed by atoms with E-state index in [1.165, 1.54) is 17.8 Å². The topological polar surface area (TPSA) is 63.2 Å². The first-order valence-electron chi connectivity index (χ1n) is 8.66. The van der Waals surface area contributed by atoms with Gasteiger partial charge in [0.05, 0.1) is 22.8 Å². The van der Waals surface area contributed by atoms with Gasteiger partial charge in [-0.05, 0) is 32.1 Å². The molecule has 2 amide bonds. The summed E-state index contributed by atoms with van der Waals surface area (Å²) in [7, 11) is 0. The minimum atomic E-state index is -0.118. The Balaban J connectivity index is 1.44. The zero-order valence-electron chi connectivity index (χ0n) is 14.2. The summed E-state index contributed by atoms with van der Waals surface area (Å²) in [5.74, 6) is 1.57. The lowest BCUT2D eigenvalue weighted by molar-refractivity contribution is 0.0545. The van der Waals surface area contributed by atoms with Crippen LogP contribution in [0, 0.1) is 11.8 Å². The third-order valence-corrected chi connectivity index (χ3v) is 5.73. The maximum atomic E-state index is 12.1. The van der Waals surface area contributed by atoms with E-state index in [9.17, 15) is 4.79 Å². The number of aromatic nitrogens is 1. The average molecular weight is 337 g/mol. The molecule has 1 saturated heterocycles. The molecule has 128 valence electrons. The van der Waals surface area contributed by atoms with Crippen LogP contribution in [0.3, 0.4) is 0 Å². The van der Waals surface area contributed by atoms with Crippen LogP contribution in [0.4, 0.5) is 4.79 Å². The first-order chi connectivity index (χ1) is 11.0. The maximum absolute atomic E-state index is 12.1. The van der Waals surface area contributed by atoms with Gasteiger partial charge in [0.2, 0.25) is 0 Å². The third-order valence-electron chi connectivity index (χ3n) is 4.70. The summed E-state index contributed by atoms with van der Waals surface area (Å²) < 4.78 is 5.76. The second-order valence-electron chi connectivity index (χ2n) is 7.09. The predicted octanol–water partition coefficient (Wildman–Crippen LogP) is 3.44. The normalized spacial score (nSPS) is 25.6. The number of amides is 2. The lowest BCUT2D eigenvalue weighted by Gasteiger charge is -2.22. The van der Waals surface area contributed by atoms with E-state index in [1.54, 1.807) is 11.3 Å². The van der Waals surface area contributed by atoms with Crippen molar-refractivity contribution in [3.8, 4) is 0 Å². The lowest BCUT2D eigenvalue weighted by atomic mass is 9.93. The molecule has 1 aliphatic carbocycles. The number of hydrogen-bond acceptors (Lipinski definition) is 4. The van der Waals surface area contributed by atoms with Crippen LogP contribution in [0.5, 0.6) is 0 Å². The Hall–Kier alpha value is -1.14. The minimum Gasteiger partial charge on any atom is -0.378 e. The van der Waals surface area contributed by atoms with Crippen LogP contribution < -0.4 is 10.6 Å². The Labute approximate surface area is 142 Å². The quantitative estimate of drug-likeness (QED) is 0.836. The van der Waals surface area contributed by atoms with Gasteiger partial charge in [0.15, 0.2) is 0 Å². The van der Waals surface area contributed by atoms with Gasteiger partial charge in [-0.2, -0.15) is 0 Å². The molecule has 23 heavy (non-hydrogen) atoms. The van der Waals surface area contributed by atoms with Crippen molar-refractivity contribution in [1.82, 2.24) is 15.6 Å². The van der Waals surface area contributed by atoms with E-state index < -0.39 is 0 Å². The lowest BCUT2D eigenvalue weighted by Crippen LogP contribution is -2.41. The Morgan fingerprint density at radius 2 is 2.17 bits per heavy atom. The number of ether oxygens (including phenoxy) is 1. The highest BCUT2D eigenvalue weighted by Crippen LogP contribution is 2.41. The molecule has 3 atom stereocenters. The van der Waals surface area contributed by atoms with E-state index in [1.807, 2.05) is 6.92 Å². The number of carbonyl (C=O) groups is 1. The summed E-state index contributed by atoms with van der Waals surface area (Å²) in [6, 6.07) is -0.174.